The van der Waals surface area contributed by atoms with E-state index in [4.69, 9.17) is 4.74 Å². The molecule has 0 aliphatic carbocycles. The molecule has 3 nitrogen and oxygen atoms in total. The molecular formula is C14H30N2O. The van der Waals surface area contributed by atoms with E-state index in [9.17, 15) is 0 Å². The molecule has 0 bridgehead atoms. The van der Waals surface area contributed by atoms with E-state index < -0.39 is 0 Å². The Balaban J connectivity index is 2.08. The molecule has 0 spiro atoms. The molecule has 102 valence electrons. The van der Waals surface area contributed by atoms with Gasteiger partial charge in [0.1, 0.15) is 0 Å². The summed E-state index contributed by atoms with van der Waals surface area (Å²) in [4.78, 5) is 2.56. The summed E-state index contributed by atoms with van der Waals surface area (Å²) in [5.41, 5.74) is 0. The van der Waals surface area contributed by atoms with Gasteiger partial charge >= 0.3 is 0 Å². The summed E-state index contributed by atoms with van der Waals surface area (Å²) in [5.74, 6) is 0. The third kappa shape index (κ3) is 7.02. The lowest BCUT2D eigenvalue weighted by Crippen LogP contribution is -2.32. The monoisotopic (exact) mass is 242 g/mol. The number of nitrogens with zero attached hydrogens (tertiary/aromatic N) is 1. The van der Waals surface area contributed by atoms with Crippen LogP contribution < -0.4 is 5.32 Å². The zero-order chi connectivity index (χ0) is 12.5. The molecular weight excluding hydrogens is 212 g/mol. The Morgan fingerprint density at radius 2 is 2.29 bits per heavy atom. The second-order valence-corrected chi connectivity index (χ2v) is 5.33. The molecule has 0 amide bonds. The summed E-state index contributed by atoms with van der Waals surface area (Å²) < 4.78 is 5.66. The van der Waals surface area contributed by atoms with Crippen molar-refractivity contribution in [1.29, 1.82) is 0 Å². The van der Waals surface area contributed by atoms with Crippen molar-refractivity contribution in [3.05, 3.63) is 0 Å². The fourth-order valence-electron chi connectivity index (χ4n) is 2.40. The average molecular weight is 242 g/mol. The highest BCUT2D eigenvalue weighted by Crippen LogP contribution is 2.07. The Bertz CT molecular complexity index is 187. The van der Waals surface area contributed by atoms with Gasteiger partial charge in [-0.25, -0.2) is 0 Å². The molecule has 1 heterocycles. The van der Waals surface area contributed by atoms with Crippen LogP contribution in [0.2, 0.25) is 0 Å². The van der Waals surface area contributed by atoms with Crippen molar-refractivity contribution in [2.75, 3.05) is 32.8 Å². The van der Waals surface area contributed by atoms with Crippen molar-refractivity contribution in [3.8, 4) is 0 Å². The Morgan fingerprint density at radius 3 is 3.06 bits per heavy atom. The number of hydrogen-bond donors (Lipinski definition) is 1. The molecule has 1 aliphatic rings. The van der Waals surface area contributed by atoms with E-state index in [0.717, 1.165) is 19.7 Å². The van der Waals surface area contributed by atoms with Crippen molar-refractivity contribution in [2.45, 2.75) is 58.6 Å². The highest BCUT2D eigenvalue weighted by atomic mass is 16.5. The maximum absolute atomic E-state index is 5.66. The van der Waals surface area contributed by atoms with Gasteiger partial charge < -0.3 is 15.0 Å². The van der Waals surface area contributed by atoms with Crippen LogP contribution in [0.3, 0.4) is 0 Å². The zero-order valence-electron chi connectivity index (χ0n) is 11.9. The summed E-state index contributed by atoms with van der Waals surface area (Å²) >= 11 is 0. The highest BCUT2D eigenvalue weighted by molar-refractivity contribution is 4.68. The van der Waals surface area contributed by atoms with Gasteiger partial charge in [0, 0.05) is 25.7 Å². The van der Waals surface area contributed by atoms with Crippen LogP contribution in [0.4, 0.5) is 0 Å². The first-order valence-corrected chi connectivity index (χ1v) is 7.29. The Morgan fingerprint density at radius 1 is 1.47 bits per heavy atom. The third-order valence-corrected chi connectivity index (χ3v) is 3.39. The van der Waals surface area contributed by atoms with Gasteiger partial charge in [-0.2, -0.15) is 0 Å². The summed E-state index contributed by atoms with van der Waals surface area (Å²) in [7, 11) is 0. The van der Waals surface area contributed by atoms with Gasteiger partial charge in [0.25, 0.3) is 0 Å². The molecule has 1 fully saturated rings. The Kier molecular flexibility index (Phi) is 7.82. The van der Waals surface area contributed by atoms with E-state index in [0.29, 0.717) is 12.1 Å². The molecule has 1 N–H and O–H groups in total. The van der Waals surface area contributed by atoms with Gasteiger partial charge in [-0.15, -0.1) is 0 Å². The van der Waals surface area contributed by atoms with Gasteiger partial charge in [0.05, 0.1) is 6.10 Å². The number of nitrogens with one attached hydrogen (secondary N) is 1. The molecule has 17 heavy (non-hydrogen) atoms. The van der Waals surface area contributed by atoms with Crippen LogP contribution in [0, 0.1) is 0 Å². The van der Waals surface area contributed by atoms with Crippen molar-refractivity contribution in [3.63, 3.8) is 0 Å². The van der Waals surface area contributed by atoms with Gasteiger partial charge in [-0.05, 0) is 52.6 Å². The molecule has 1 aliphatic heterocycles. The van der Waals surface area contributed by atoms with E-state index in [1.165, 1.54) is 38.8 Å². The summed E-state index contributed by atoms with van der Waals surface area (Å²) in [6.07, 6.45) is 5.41. The predicted molar refractivity (Wildman–Crippen MR) is 73.5 cm³/mol. The van der Waals surface area contributed by atoms with Crippen molar-refractivity contribution in [1.82, 2.24) is 10.2 Å². The van der Waals surface area contributed by atoms with E-state index in [1.807, 2.05) is 0 Å². The fourth-order valence-corrected chi connectivity index (χ4v) is 2.40. The summed E-state index contributed by atoms with van der Waals surface area (Å²) in [6.45, 7) is 12.3. The molecule has 2 unspecified atom stereocenters. The minimum Gasteiger partial charge on any atom is -0.377 e. The van der Waals surface area contributed by atoms with Gasteiger partial charge in [-0.1, -0.05) is 6.92 Å². The molecule has 0 saturated carbocycles. The van der Waals surface area contributed by atoms with Crippen LogP contribution in [0.25, 0.3) is 0 Å². The highest BCUT2D eigenvalue weighted by Gasteiger charge is 2.14. The summed E-state index contributed by atoms with van der Waals surface area (Å²) in [5, 5.41) is 3.55. The van der Waals surface area contributed by atoms with E-state index >= 15 is 0 Å². The van der Waals surface area contributed by atoms with Crippen LogP contribution >= 0.6 is 0 Å². The average Bonchev–Trinajstić information content (AvgIpc) is 2.51. The fraction of sp³-hybridized carbons (Fsp3) is 1.00. The standard InChI is InChI=1S/C14H30N2O/c1-4-8-15-13(2)7-5-9-16-10-6-11-17-14(3)12-16/h13-15H,4-12H2,1-3H3. The lowest BCUT2D eigenvalue weighted by Gasteiger charge is -2.22. The molecule has 2 atom stereocenters. The largest absolute Gasteiger partial charge is 0.377 e. The van der Waals surface area contributed by atoms with Crippen LogP contribution in [-0.2, 0) is 4.74 Å². The topological polar surface area (TPSA) is 24.5 Å². The van der Waals surface area contributed by atoms with Crippen LogP contribution in [0.5, 0.6) is 0 Å². The number of hydrogen-bond acceptors (Lipinski definition) is 3. The lowest BCUT2D eigenvalue weighted by molar-refractivity contribution is 0.0675. The van der Waals surface area contributed by atoms with Gasteiger partial charge in [0.15, 0.2) is 0 Å². The minimum atomic E-state index is 0.410. The first-order chi connectivity index (χ1) is 8.22. The summed E-state index contributed by atoms with van der Waals surface area (Å²) in [6, 6.07) is 0.663. The minimum absolute atomic E-state index is 0.410. The molecule has 0 aromatic rings. The zero-order valence-corrected chi connectivity index (χ0v) is 11.9. The van der Waals surface area contributed by atoms with Crippen molar-refractivity contribution >= 4 is 0 Å². The van der Waals surface area contributed by atoms with Crippen LogP contribution in [0.15, 0.2) is 0 Å². The molecule has 0 aromatic carbocycles. The maximum Gasteiger partial charge on any atom is 0.0673 e. The van der Waals surface area contributed by atoms with Crippen LogP contribution in [0.1, 0.15) is 46.5 Å². The second kappa shape index (κ2) is 8.90. The molecule has 0 aromatic heterocycles. The first-order valence-electron chi connectivity index (χ1n) is 7.29. The van der Waals surface area contributed by atoms with Crippen molar-refractivity contribution < 1.29 is 4.74 Å². The SMILES string of the molecule is CCCNC(C)CCCN1CCCOC(C)C1. The van der Waals surface area contributed by atoms with Crippen LogP contribution in [-0.4, -0.2) is 49.8 Å². The predicted octanol–water partition coefficient (Wildman–Crippen LogP) is 2.27. The molecule has 1 rings (SSSR count). The smallest absolute Gasteiger partial charge is 0.0673 e. The number of rotatable bonds is 7. The molecule has 0 radical (unpaired) electrons. The van der Waals surface area contributed by atoms with E-state index in [-0.39, 0.29) is 0 Å². The molecule has 1 saturated heterocycles. The van der Waals surface area contributed by atoms with E-state index in [2.05, 4.69) is 31.0 Å². The normalized spacial score (nSPS) is 24.5. The third-order valence-electron chi connectivity index (χ3n) is 3.39. The first kappa shape index (κ1) is 14.9. The quantitative estimate of drug-likeness (QED) is 0.741. The lowest BCUT2D eigenvalue weighted by atomic mass is 10.1. The van der Waals surface area contributed by atoms with E-state index in [1.54, 1.807) is 0 Å². The van der Waals surface area contributed by atoms with Gasteiger partial charge in [-0.3, -0.25) is 0 Å². The Labute approximate surface area is 107 Å². The second-order valence-electron chi connectivity index (χ2n) is 5.33. The van der Waals surface area contributed by atoms with Gasteiger partial charge in [0.2, 0.25) is 0 Å². The maximum atomic E-state index is 5.66. The van der Waals surface area contributed by atoms with Crippen molar-refractivity contribution in [2.24, 2.45) is 0 Å². The Hall–Kier alpha value is -0.120. The number of ether oxygens (including phenoxy) is 1. The molecule has 3 heteroatoms.